The molecule has 3 aliphatic heterocycles. The second-order valence-electron chi connectivity index (χ2n) is 13.6. The number of anilines is 1. The third kappa shape index (κ3) is 4.14. The van der Waals surface area contributed by atoms with Crippen molar-refractivity contribution in [2.75, 3.05) is 37.6 Å². The maximum atomic E-state index is 13.7. The van der Waals surface area contributed by atoms with E-state index in [9.17, 15) is 9.18 Å². The van der Waals surface area contributed by atoms with Crippen LogP contribution in [0.4, 0.5) is 10.2 Å². The molecular formula is C31H39ClFN7O. The molecule has 0 radical (unpaired) electrons. The number of carbonyl (C=O) groups is 1. The van der Waals surface area contributed by atoms with E-state index < -0.39 is 6.17 Å². The minimum absolute atomic E-state index is 0.0167. The van der Waals surface area contributed by atoms with Gasteiger partial charge in [0.15, 0.2) is 5.82 Å². The van der Waals surface area contributed by atoms with Gasteiger partial charge < -0.3 is 9.80 Å². The van der Waals surface area contributed by atoms with Crippen LogP contribution in [0.2, 0.25) is 5.02 Å². The second kappa shape index (κ2) is 9.30. The van der Waals surface area contributed by atoms with Crippen molar-refractivity contribution in [3.8, 4) is 11.1 Å². The molecule has 8 nitrogen and oxygen atoms in total. The van der Waals surface area contributed by atoms with Crippen LogP contribution < -0.4 is 4.90 Å². The Hall–Kier alpha value is -2.91. The number of hydrogen-bond donors (Lipinski definition) is 1. The van der Waals surface area contributed by atoms with Gasteiger partial charge in [0.2, 0.25) is 5.91 Å². The number of hydrogen-bond acceptors (Lipinski definition) is 5. The number of alkyl halides is 1. The Kier molecular flexibility index (Phi) is 6.11. The third-order valence-electron chi connectivity index (χ3n) is 10.3. The van der Waals surface area contributed by atoms with E-state index in [1.54, 1.807) is 0 Å². The molecule has 10 heteroatoms. The first-order chi connectivity index (χ1) is 19.5. The van der Waals surface area contributed by atoms with Crippen LogP contribution >= 0.6 is 11.6 Å². The van der Waals surface area contributed by atoms with Gasteiger partial charge in [-0.2, -0.15) is 10.2 Å². The van der Waals surface area contributed by atoms with E-state index >= 15 is 0 Å². The third-order valence-corrected chi connectivity index (χ3v) is 10.7. The number of H-pyrrole nitrogens is 1. The van der Waals surface area contributed by atoms with Gasteiger partial charge in [-0.3, -0.25) is 19.5 Å². The summed E-state index contributed by atoms with van der Waals surface area (Å²) in [5, 5.41) is 14.6. The van der Waals surface area contributed by atoms with Crippen molar-refractivity contribution >= 4 is 34.2 Å². The van der Waals surface area contributed by atoms with Crippen LogP contribution in [0.15, 0.2) is 24.9 Å². The van der Waals surface area contributed by atoms with E-state index in [0.29, 0.717) is 19.1 Å². The van der Waals surface area contributed by atoms with Crippen molar-refractivity contribution in [1.29, 1.82) is 0 Å². The molecule has 1 aliphatic carbocycles. The van der Waals surface area contributed by atoms with E-state index in [1.807, 2.05) is 18.0 Å². The number of benzene rings is 1. The molecule has 41 heavy (non-hydrogen) atoms. The highest BCUT2D eigenvalue weighted by Crippen LogP contribution is 2.56. The van der Waals surface area contributed by atoms with E-state index in [2.05, 4.69) is 58.1 Å². The van der Waals surface area contributed by atoms with Crippen LogP contribution in [0.3, 0.4) is 0 Å². The van der Waals surface area contributed by atoms with Gasteiger partial charge in [-0.05, 0) is 71.1 Å². The van der Waals surface area contributed by atoms with Gasteiger partial charge in [0.05, 0.1) is 22.8 Å². The van der Waals surface area contributed by atoms with Crippen molar-refractivity contribution < 1.29 is 9.18 Å². The maximum Gasteiger partial charge on any atom is 0.245 e. The first-order valence-electron chi connectivity index (χ1n) is 14.8. The summed E-state index contributed by atoms with van der Waals surface area (Å²) in [6.45, 7) is 15.9. The van der Waals surface area contributed by atoms with Gasteiger partial charge in [0.1, 0.15) is 6.17 Å². The molecule has 218 valence electrons. The lowest BCUT2D eigenvalue weighted by Crippen LogP contribution is -2.63. The molecule has 5 heterocycles. The normalized spacial score (nSPS) is 24.4. The maximum absolute atomic E-state index is 13.7. The van der Waals surface area contributed by atoms with Gasteiger partial charge in [-0.15, -0.1) is 0 Å². The molecule has 3 saturated heterocycles. The fraction of sp³-hybridized carbons (Fsp3) is 0.581. The molecule has 1 saturated carbocycles. The minimum atomic E-state index is -0.690. The van der Waals surface area contributed by atoms with Gasteiger partial charge >= 0.3 is 0 Å². The largest absolute Gasteiger partial charge is 0.349 e. The molecule has 1 atom stereocenters. The number of likely N-dealkylation sites (tertiary alicyclic amines) is 2. The Labute approximate surface area is 245 Å². The average Bonchev–Trinajstić information content (AvgIpc) is 3.45. The van der Waals surface area contributed by atoms with Crippen LogP contribution in [0, 0.1) is 19.3 Å². The van der Waals surface area contributed by atoms with Gasteiger partial charge in [-0.25, -0.2) is 4.39 Å². The first-order valence-corrected chi connectivity index (χ1v) is 15.2. The Morgan fingerprint density at radius 3 is 2.56 bits per heavy atom. The number of halogens is 2. The summed E-state index contributed by atoms with van der Waals surface area (Å²) in [4.78, 5) is 18.7. The Bertz CT molecular complexity index is 1540. The van der Waals surface area contributed by atoms with Crippen LogP contribution in [-0.4, -0.2) is 86.2 Å². The van der Waals surface area contributed by atoms with E-state index in [1.165, 1.54) is 6.08 Å². The molecule has 4 fully saturated rings. The second-order valence-corrected chi connectivity index (χ2v) is 13.9. The van der Waals surface area contributed by atoms with Crippen molar-refractivity contribution in [3.05, 3.63) is 41.2 Å². The average molecular weight is 580 g/mol. The standard InChI is InChI=1S/C31H39ClFN7O/c1-6-25(41)38-16-31(17-38)11-22(12-31)40-19(3)26(27-23-13-34-35-24(23)9-18(2)28(27)32)29(36-40)39-8-7-21(10-30(39,4)5)37-14-20(33)15-37/h6,9,13,20-22H,1,7-8,10-12,14-17H2,2-5H3,(H,34,35). The van der Waals surface area contributed by atoms with Crippen LogP contribution in [-0.2, 0) is 4.79 Å². The number of carbonyl (C=O) groups excluding carboxylic acids is 1. The van der Waals surface area contributed by atoms with Gasteiger partial charge in [-0.1, -0.05) is 18.2 Å². The molecule has 3 aromatic rings. The predicted molar refractivity (Wildman–Crippen MR) is 160 cm³/mol. The number of piperidine rings is 1. The van der Waals surface area contributed by atoms with Crippen molar-refractivity contribution in [3.63, 3.8) is 0 Å². The Morgan fingerprint density at radius 2 is 1.90 bits per heavy atom. The zero-order valence-electron chi connectivity index (χ0n) is 24.4. The van der Waals surface area contributed by atoms with E-state index in [4.69, 9.17) is 16.7 Å². The molecule has 7 rings (SSSR count). The number of nitrogens with zero attached hydrogens (tertiary/aromatic N) is 6. The zero-order chi connectivity index (χ0) is 28.8. The molecule has 1 spiro atoms. The number of aromatic amines is 1. The fourth-order valence-electron chi connectivity index (χ4n) is 8.03. The molecule has 1 aromatic carbocycles. The zero-order valence-corrected chi connectivity index (χ0v) is 25.1. The van der Waals surface area contributed by atoms with Crippen LogP contribution in [0.25, 0.3) is 22.0 Å². The van der Waals surface area contributed by atoms with Crippen LogP contribution in [0.1, 0.15) is 56.8 Å². The minimum Gasteiger partial charge on any atom is -0.349 e. The summed E-state index contributed by atoms with van der Waals surface area (Å²) < 4.78 is 15.9. The number of fused-ring (bicyclic) bond motifs is 1. The summed E-state index contributed by atoms with van der Waals surface area (Å²) >= 11 is 7.11. The lowest BCUT2D eigenvalue weighted by Gasteiger charge is -2.58. The van der Waals surface area contributed by atoms with Crippen molar-refractivity contribution in [2.45, 2.75) is 77.2 Å². The summed E-state index contributed by atoms with van der Waals surface area (Å²) in [6, 6.07) is 2.71. The number of nitrogens with one attached hydrogen (secondary N) is 1. The van der Waals surface area contributed by atoms with Crippen LogP contribution in [0.5, 0.6) is 0 Å². The molecule has 1 N–H and O–H groups in total. The fourth-order valence-corrected chi connectivity index (χ4v) is 8.28. The topological polar surface area (TPSA) is 73.3 Å². The first kappa shape index (κ1) is 27.0. The summed E-state index contributed by atoms with van der Waals surface area (Å²) in [7, 11) is 0. The molecular weight excluding hydrogens is 541 g/mol. The highest BCUT2D eigenvalue weighted by molar-refractivity contribution is 6.36. The lowest BCUT2D eigenvalue weighted by molar-refractivity contribution is -0.149. The molecule has 1 unspecified atom stereocenters. The van der Waals surface area contributed by atoms with E-state index in [0.717, 1.165) is 89.4 Å². The molecule has 4 aliphatic rings. The number of aryl methyl sites for hydroxylation is 1. The number of rotatable bonds is 5. The SMILES string of the molecule is C=CC(=O)N1CC2(CC(n3nc(N4CCC(N5CC(F)C5)CC4(C)C)c(-c4c(Cl)c(C)cc5[nH]ncc45)c3C)C2)C1. The van der Waals surface area contributed by atoms with Crippen molar-refractivity contribution in [1.82, 2.24) is 29.8 Å². The summed E-state index contributed by atoms with van der Waals surface area (Å²) in [5.74, 6) is 0.981. The monoisotopic (exact) mass is 579 g/mol. The number of amides is 1. The van der Waals surface area contributed by atoms with Crippen molar-refractivity contribution in [2.24, 2.45) is 5.41 Å². The van der Waals surface area contributed by atoms with Gasteiger partial charge in [0.25, 0.3) is 0 Å². The van der Waals surface area contributed by atoms with Gasteiger partial charge in [0, 0.05) is 71.9 Å². The predicted octanol–water partition coefficient (Wildman–Crippen LogP) is 5.45. The summed E-state index contributed by atoms with van der Waals surface area (Å²) in [6.07, 6.45) is 6.52. The number of aromatic nitrogens is 4. The highest BCUT2D eigenvalue weighted by Gasteiger charge is 2.55. The smallest absolute Gasteiger partial charge is 0.245 e. The molecule has 0 bridgehead atoms. The molecule has 2 aromatic heterocycles. The summed E-state index contributed by atoms with van der Waals surface area (Å²) in [5.41, 5.74) is 5.13. The lowest BCUT2D eigenvalue weighted by atomic mass is 9.60. The molecule has 1 amide bonds. The Morgan fingerprint density at radius 1 is 1.17 bits per heavy atom. The quantitative estimate of drug-likeness (QED) is 0.407. The van der Waals surface area contributed by atoms with E-state index in [-0.39, 0.29) is 22.9 Å². The Balaban J connectivity index is 1.27. The highest BCUT2D eigenvalue weighted by atomic mass is 35.5.